The van der Waals surface area contributed by atoms with Crippen molar-refractivity contribution in [3.63, 3.8) is 0 Å². The number of amides is 1. The van der Waals surface area contributed by atoms with Crippen LogP contribution in [0.4, 0.5) is 0 Å². The van der Waals surface area contributed by atoms with Crippen LogP contribution in [0.15, 0.2) is 64.0 Å². The molecule has 0 bridgehead atoms. The second-order valence-corrected chi connectivity index (χ2v) is 11.5. The molecule has 4 rings (SSSR count). The van der Waals surface area contributed by atoms with E-state index in [1.54, 1.807) is 30.3 Å². The number of carbonyl (C=O) groups is 1. The van der Waals surface area contributed by atoms with Gasteiger partial charge in [-0.1, -0.05) is 68.4 Å². The number of nitrogens with zero attached hydrogens (tertiary/aromatic N) is 3. The summed E-state index contributed by atoms with van der Waals surface area (Å²) in [6.45, 7) is 7.10. The third-order valence-electron chi connectivity index (χ3n) is 6.03. The van der Waals surface area contributed by atoms with E-state index in [4.69, 9.17) is 4.52 Å². The summed E-state index contributed by atoms with van der Waals surface area (Å²) in [5, 5.41) is 6.84. The number of nitrogens with one attached hydrogen (secondary N) is 1. The SMILES string of the molecule is CC(C)(C)c1ccc(-c2noc(CNC(=O)C3CCCN(S(=O)(=O)c4ccccc4)C3)n2)cc1. The summed E-state index contributed by atoms with van der Waals surface area (Å²) in [6, 6.07) is 16.3. The first-order chi connectivity index (χ1) is 16.1. The third kappa shape index (κ3) is 5.37. The van der Waals surface area contributed by atoms with Gasteiger partial charge in [-0.2, -0.15) is 9.29 Å². The van der Waals surface area contributed by atoms with Crippen molar-refractivity contribution in [1.82, 2.24) is 19.8 Å². The molecule has 1 saturated heterocycles. The normalized spacial score (nSPS) is 17.4. The zero-order valence-electron chi connectivity index (χ0n) is 19.7. The Morgan fingerprint density at radius 1 is 1.12 bits per heavy atom. The smallest absolute Gasteiger partial charge is 0.246 e. The average Bonchev–Trinajstić information content (AvgIpc) is 3.32. The molecule has 180 valence electrons. The molecule has 1 N–H and O–H groups in total. The zero-order chi connectivity index (χ0) is 24.3. The number of hydrogen-bond donors (Lipinski definition) is 1. The van der Waals surface area contributed by atoms with Gasteiger partial charge >= 0.3 is 0 Å². The first kappa shape index (κ1) is 24.1. The molecule has 1 aliphatic rings. The number of aromatic nitrogens is 2. The van der Waals surface area contributed by atoms with Crippen LogP contribution in [-0.2, 0) is 26.8 Å². The number of sulfonamides is 1. The van der Waals surface area contributed by atoms with Crippen LogP contribution in [0.3, 0.4) is 0 Å². The molecule has 9 heteroatoms. The van der Waals surface area contributed by atoms with Crippen LogP contribution in [0.1, 0.15) is 45.1 Å². The largest absolute Gasteiger partial charge is 0.347 e. The van der Waals surface area contributed by atoms with Crippen molar-refractivity contribution in [2.24, 2.45) is 5.92 Å². The quantitative estimate of drug-likeness (QED) is 0.574. The highest BCUT2D eigenvalue weighted by atomic mass is 32.2. The Hall–Kier alpha value is -3.04. The fourth-order valence-electron chi connectivity index (χ4n) is 3.99. The highest BCUT2D eigenvalue weighted by Crippen LogP contribution is 2.26. The molecule has 1 atom stereocenters. The fourth-order valence-corrected chi connectivity index (χ4v) is 5.53. The van der Waals surface area contributed by atoms with Crippen LogP contribution < -0.4 is 5.32 Å². The molecular weight excluding hydrogens is 452 g/mol. The lowest BCUT2D eigenvalue weighted by Crippen LogP contribution is -2.45. The molecule has 2 aromatic carbocycles. The first-order valence-corrected chi connectivity index (χ1v) is 12.8. The molecule has 1 amide bonds. The standard InChI is InChI=1S/C25H30N4O4S/c1-25(2,3)20-13-11-18(12-14-20)23-27-22(33-28-23)16-26-24(30)19-8-7-15-29(17-19)34(31,32)21-9-5-4-6-10-21/h4-6,9-14,19H,7-8,15-17H2,1-3H3,(H,26,30). The van der Waals surface area contributed by atoms with Gasteiger partial charge in [0.15, 0.2) is 0 Å². The van der Waals surface area contributed by atoms with Gasteiger partial charge in [0.05, 0.1) is 17.4 Å². The Morgan fingerprint density at radius 2 is 1.82 bits per heavy atom. The van der Waals surface area contributed by atoms with Crippen LogP contribution in [0.25, 0.3) is 11.4 Å². The van der Waals surface area contributed by atoms with Gasteiger partial charge in [-0.15, -0.1) is 0 Å². The summed E-state index contributed by atoms with van der Waals surface area (Å²) in [5.41, 5.74) is 2.10. The van der Waals surface area contributed by atoms with E-state index < -0.39 is 15.9 Å². The van der Waals surface area contributed by atoms with Gasteiger partial charge in [0.25, 0.3) is 0 Å². The van der Waals surface area contributed by atoms with Crippen molar-refractivity contribution in [1.29, 1.82) is 0 Å². The fraction of sp³-hybridized carbons (Fsp3) is 0.400. The molecule has 1 unspecified atom stereocenters. The second-order valence-electron chi connectivity index (χ2n) is 9.57. The Balaban J connectivity index is 1.35. The van der Waals surface area contributed by atoms with E-state index in [0.717, 1.165) is 5.56 Å². The topological polar surface area (TPSA) is 105 Å². The van der Waals surface area contributed by atoms with Crippen LogP contribution in [0, 0.1) is 5.92 Å². The highest BCUT2D eigenvalue weighted by molar-refractivity contribution is 7.89. The van der Waals surface area contributed by atoms with Gasteiger partial charge in [-0.05, 0) is 36.0 Å². The predicted molar refractivity (Wildman–Crippen MR) is 128 cm³/mol. The molecule has 2 heterocycles. The van der Waals surface area contributed by atoms with E-state index in [1.807, 2.05) is 24.3 Å². The number of hydrogen-bond acceptors (Lipinski definition) is 6. The zero-order valence-corrected chi connectivity index (χ0v) is 20.5. The maximum Gasteiger partial charge on any atom is 0.246 e. The molecule has 1 aromatic heterocycles. The van der Waals surface area contributed by atoms with Crippen molar-refractivity contribution in [3.8, 4) is 11.4 Å². The van der Waals surface area contributed by atoms with Crippen molar-refractivity contribution in [2.75, 3.05) is 13.1 Å². The summed E-state index contributed by atoms with van der Waals surface area (Å²) in [4.78, 5) is 17.4. The van der Waals surface area contributed by atoms with Crippen molar-refractivity contribution in [2.45, 2.75) is 50.5 Å². The molecule has 1 fully saturated rings. The number of rotatable bonds is 6. The minimum atomic E-state index is -3.62. The monoisotopic (exact) mass is 482 g/mol. The van der Waals surface area contributed by atoms with Crippen LogP contribution >= 0.6 is 0 Å². The Labute approximate surface area is 200 Å². The van der Waals surface area contributed by atoms with E-state index in [1.165, 1.54) is 9.87 Å². The van der Waals surface area contributed by atoms with Crippen LogP contribution in [0.5, 0.6) is 0 Å². The number of piperidine rings is 1. The van der Waals surface area contributed by atoms with Crippen LogP contribution in [0.2, 0.25) is 0 Å². The van der Waals surface area contributed by atoms with Crippen molar-refractivity contribution in [3.05, 3.63) is 66.1 Å². The van der Waals surface area contributed by atoms with Gasteiger partial charge in [0, 0.05) is 18.7 Å². The number of benzene rings is 2. The van der Waals surface area contributed by atoms with Gasteiger partial charge in [-0.25, -0.2) is 8.42 Å². The molecule has 0 aliphatic carbocycles. The maximum atomic E-state index is 12.9. The molecular formula is C25H30N4O4S. The lowest BCUT2D eigenvalue weighted by molar-refractivity contribution is -0.126. The van der Waals surface area contributed by atoms with E-state index >= 15 is 0 Å². The summed E-state index contributed by atoms with van der Waals surface area (Å²) in [6.07, 6.45) is 1.25. The lowest BCUT2D eigenvalue weighted by atomic mass is 9.87. The van der Waals surface area contributed by atoms with Gasteiger partial charge in [0.1, 0.15) is 0 Å². The van der Waals surface area contributed by atoms with E-state index in [2.05, 4.69) is 36.2 Å². The molecule has 0 saturated carbocycles. The minimum Gasteiger partial charge on any atom is -0.347 e. The summed E-state index contributed by atoms with van der Waals surface area (Å²) in [5.74, 6) is 0.108. The molecule has 34 heavy (non-hydrogen) atoms. The minimum absolute atomic E-state index is 0.0559. The average molecular weight is 483 g/mol. The van der Waals surface area contributed by atoms with Gasteiger partial charge < -0.3 is 9.84 Å². The van der Waals surface area contributed by atoms with E-state index in [9.17, 15) is 13.2 Å². The Kier molecular flexibility index (Phi) is 6.86. The highest BCUT2D eigenvalue weighted by Gasteiger charge is 2.33. The van der Waals surface area contributed by atoms with E-state index in [0.29, 0.717) is 31.1 Å². The summed E-state index contributed by atoms with van der Waals surface area (Å²) >= 11 is 0. The lowest BCUT2D eigenvalue weighted by Gasteiger charge is -2.31. The molecule has 0 radical (unpaired) electrons. The number of carbonyl (C=O) groups excluding carboxylic acids is 1. The first-order valence-electron chi connectivity index (χ1n) is 11.4. The van der Waals surface area contributed by atoms with E-state index in [-0.39, 0.29) is 29.3 Å². The molecule has 1 aliphatic heterocycles. The molecule has 3 aromatic rings. The Morgan fingerprint density at radius 3 is 2.50 bits per heavy atom. The summed E-state index contributed by atoms with van der Waals surface area (Å²) < 4.78 is 32.5. The maximum absolute atomic E-state index is 12.9. The van der Waals surface area contributed by atoms with Crippen molar-refractivity contribution < 1.29 is 17.7 Å². The van der Waals surface area contributed by atoms with Crippen molar-refractivity contribution >= 4 is 15.9 Å². The molecule has 0 spiro atoms. The predicted octanol–water partition coefficient (Wildman–Crippen LogP) is 3.75. The van der Waals surface area contributed by atoms with Gasteiger partial charge in [0.2, 0.25) is 27.6 Å². The summed E-state index contributed by atoms with van der Waals surface area (Å²) in [7, 11) is -3.62. The second kappa shape index (κ2) is 9.68. The van der Waals surface area contributed by atoms with Crippen LogP contribution in [-0.4, -0.2) is 41.9 Å². The molecule has 8 nitrogen and oxygen atoms in total. The third-order valence-corrected chi connectivity index (χ3v) is 7.91. The Bertz CT molecular complexity index is 1230. The van der Waals surface area contributed by atoms with Gasteiger partial charge in [-0.3, -0.25) is 4.79 Å².